The third-order valence-electron chi connectivity index (χ3n) is 4.95. The van der Waals surface area contributed by atoms with Crippen molar-refractivity contribution in [3.63, 3.8) is 0 Å². The van der Waals surface area contributed by atoms with Crippen molar-refractivity contribution in [3.05, 3.63) is 29.8 Å². The number of esters is 1. The van der Waals surface area contributed by atoms with Crippen LogP contribution >= 0.6 is 0 Å². The number of benzene rings is 1. The largest absolute Gasteiger partial charge is 0.493 e. The van der Waals surface area contributed by atoms with Gasteiger partial charge < -0.3 is 19.5 Å². The van der Waals surface area contributed by atoms with Gasteiger partial charge in [-0.2, -0.15) is 8.78 Å². The van der Waals surface area contributed by atoms with Crippen molar-refractivity contribution in [3.8, 4) is 11.5 Å². The molecule has 2 atom stereocenters. The number of rotatable bonds is 7. The van der Waals surface area contributed by atoms with Gasteiger partial charge in [0.15, 0.2) is 11.5 Å². The SMILES string of the molecule is COC(=O)C1CCCCC1(C)NC(=O)C=Cc1cccc(OC)c1OC(F)F. The fraction of sp³-hybridized carbons (Fsp3) is 0.500. The van der Waals surface area contributed by atoms with Gasteiger partial charge in [0, 0.05) is 11.6 Å². The standard InChI is InChI=1S/C20H25F2NO5/c1-20(12-5-4-8-14(20)18(25)27-3)23-16(24)11-10-13-7-6-9-15(26-2)17(13)28-19(21)22/h6-7,9-11,14,19H,4-5,8,12H2,1-3H3,(H,23,24). The molecular formula is C20H25F2NO5. The maximum Gasteiger partial charge on any atom is 0.387 e. The number of amides is 1. The van der Waals surface area contributed by atoms with Gasteiger partial charge in [0.25, 0.3) is 0 Å². The highest BCUT2D eigenvalue weighted by Crippen LogP contribution is 2.35. The number of nitrogens with one attached hydrogen (secondary N) is 1. The van der Waals surface area contributed by atoms with Crippen LogP contribution in [0.1, 0.15) is 38.2 Å². The van der Waals surface area contributed by atoms with E-state index in [4.69, 9.17) is 9.47 Å². The predicted octanol–water partition coefficient (Wildman–Crippen LogP) is 3.55. The first-order chi connectivity index (χ1) is 13.3. The molecule has 0 radical (unpaired) electrons. The van der Waals surface area contributed by atoms with Crippen molar-refractivity contribution in [1.82, 2.24) is 5.32 Å². The number of carbonyl (C=O) groups excluding carboxylic acids is 2. The Morgan fingerprint density at radius 2 is 2.04 bits per heavy atom. The van der Waals surface area contributed by atoms with Crippen LogP contribution in [0.2, 0.25) is 0 Å². The summed E-state index contributed by atoms with van der Waals surface area (Å²) >= 11 is 0. The molecule has 0 spiro atoms. The highest BCUT2D eigenvalue weighted by molar-refractivity contribution is 5.93. The summed E-state index contributed by atoms with van der Waals surface area (Å²) < 4.78 is 39.8. The number of para-hydroxylation sites is 1. The first-order valence-electron chi connectivity index (χ1n) is 9.00. The monoisotopic (exact) mass is 397 g/mol. The van der Waals surface area contributed by atoms with Crippen LogP contribution in [0.4, 0.5) is 8.78 Å². The fourth-order valence-electron chi connectivity index (χ4n) is 3.53. The molecule has 154 valence electrons. The van der Waals surface area contributed by atoms with Gasteiger partial charge in [-0.25, -0.2) is 0 Å². The van der Waals surface area contributed by atoms with Crippen molar-refractivity contribution in [2.75, 3.05) is 14.2 Å². The van der Waals surface area contributed by atoms with Crippen molar-refractivity contribution < 1.29 is 32.6 Å². The Bertz CT molecular complexity index is 737. The van der Waals surface area contributed by atoms with Crippen LogP contribution in [0.5, 0.6) is 11.5 Å². The van der Waals surface area contributed by atoms with E-state index in [0.29, 0.717) is 12.8 Å². The maximum absolute atomic E-state index is 12.7. The molecular weight excluding hydrogens is 372 g/mol. The summed E-state index contributed by atoms with van der Waals surface area (Å²) in [6.07, 6.45) is 5.65. The van der Waals surface area contributed by atoms with Crippen molar-refractivity contribution in [2.24, 2.45) is 5.92 Å². The van der Waals surface area contributed by atoms with Gasteiger partial charge in [0.1, 0.15) is 0 Å². The van der Waals surface area contributed by atoms with E-state index in [9.17, 15) is 18.4 Å². The molecule has 1 amide bonds. The van der Waals surface area contributed by atoms with Crippen molar-refractivity contribution in [2.45, 2.75) is 44.8 Å². The molecule has 1 aromatic carbocycles. The molecule has 1 fully saturated rings. The molecule has 0 bridgehead atoms. The summed E-state index contributed by atoms with van der Waals surface area (Å²) in [5, 5.41) is 2.87. The number of methoxy groups -OCH3 is 2. The zero-order chi connectivity index (χ0) is 20.7. The van der Waals surface area contributed by atoms with Crippen molar-refractivity contribution >= 4 is 18.0 Å². The highest BCUT2D eigenvalue weighted by atomic mass is 19.3. The molecule has 1 saturated carbocycles. The molecule has 0 aromatic heterocycles. The lowest BCUT2D eigenvalue weighted by Crippen LogP contribution is -2.55. The summed E-state index contributed by atoms with van der Waals surface area (Å²) in [6.45, 7) is -1.21. The minimum atomic E-state index is -3.03. The molecule has 6 nitrogen and oxygen atoms in total. The van der Waals surface area contributed by atoms with Crippen LogP contribution in [0, 0.1) is 5.92 Å². The number of hydrogen-bond donors (Lipinski definition) is 1. The van der Waals surface area contributed by atoms with E-state index in [1.807, 2.05) is 6.92 Å². The minimum Gasteiger partial charge on any atom is -0.493 e. The van der Waals surface area contributed by atoms with E-state index < -0.39 is 24.0 Å². The molecule has 8 heteroatoms. The normalized spacial score (nSPS) is 22.1. The molecule has 28 heavy (non-hydrogen) atoms. The van der Waals surface area contributed by atoms with Crippen LogP contribution in [0.25, 0.3) is 6.08 Å². The number of halogens is 2. The zero-order valence-corrected chi connectivity index (χ0v) is 16.2. The Morgan fingerprint density at radius 3 is 2.68 bits per heavy atom. The quantitative estimate of drug-likeness (QED) is 0.563. The molecule has 0 aliphatic heterocycles. The third-order valence-corrected chi connectivity index (χ3v) is 4.95. The molecule has 0 heterocycles. The number of hydrogen-bond acceptors (Lipinski definition) is 5. The Balaban J connectivity index is 2.18. The minimum absolute atomic E-state index is 0.132. The maximum atomic E-state index is 12.7. The topological polar surface area (TPSA) is 73.9 Å². The first-order valence-corrected chi connectivity index (χ1v) is 9.00. The highest BCUT2D eigenvalue weighted by Gasteiger charge is 2.42. The second kappa shape index (κ2) is 9.52. The lowest BCUT2D eigenvalue weighted by Gasteiger charge is -2.40. The second-order valence-corrected chi connectivity index (χ2v) is 6.82. The number of ether oxygens (including phenoxy) is 3. The smallest absolute Gasteiger partial charge is 0.387 e. The van der Waals surface area contributed by atoms with Crippen LogP contribution in [0.15, 0.2) is 24.3 Å². The Morgan fingerprint density at radius 1 is 1.29 bits per heavy atom. The summed E-state index contributed by atoms with van der Waals surface area (Å²) in [6, 6.07) is 4.62. The second-order valence-electron chi connectivity index (χ2n) is 6.82. The van der Waals surface area contributed by atoms with Gasteiger partial charge in [-0.15, -0.1) is 0 Å². The van der Waals surface area contributed by atoms with Crippen LogP contribution in [-0.4, -0.2) is 38.2 Å². The van der Waals surface area contributed by atoms with Gasteiger partial charge in [-0.1, -0.05) is 25.0 Å². The Kier molecular flexibility index (Phi) is 7.37. The van der Waals surface area contributed by atoms with Crippen molar-refractivity contribution in [1.29, 1.82) is 0 Å². The van der Waals surface area contributed by atoms with Gasteiger partial charge >= 0.3 is 12.6 Å². The van der Waals surface area contributed by atoms with E-state index in [0.717, 1.165) is 12.8 Å². The zero-order valence-electron chi connectivity index (χ0n) is 16.2. The van der Waals surface area contributed by atoms with Crippen LogP contribution < -0.4 is 14.8 Å². The summed E-state index contributed by atoms with van der Waals surface area (Å²) in [7, 11) is 2.66. The summed E-state index contributed by atoms with van der Waals surface area (Å²) in [4.78, 5) is 24.5. The molecule has 2 unspecified atom stereocenters. The lowest BCUT2D eigenvalue weighted by molar-refractivity contribution is -0.150. The van der Waals surface area contributed by atoms with E-state index in [1.54, 1.807) is 6.07 Å². The molecule has 2 rings (SSSR count). The predicted molar refractivity (Wildman–Crippen MR) is 99.2 cm³/mol. The fourth-order valence-corrected chi connectivity index (χ4v) is 3.53. The Hall–Kier alpha value is -2.64. The number of alkyl halides is 2. The molecule has 1 aliphatic rings. The van der Waals surface area contributed by atoms with E-state index in [2.05, 4.69) is 10.1 Å². The molecule has 1 aliphatic carbocycles. The van der Waals surface area contributed by atoms with Crippen LogP contribution in [0.3, 0.4) is 0 Å². The summed E-state index contributed by atoms with van der Waals surface area (Å²) in [5.74, 6) is -1.25. The third kappa shape index (κ3) is 5.21. The summed E-state index contributed by atoms with van der Waals surface area (Å²) in [5.41, 5.74) is -0.461. The molecule has 1 N–H and O–H groups in total. The molecule has 0 saturated heterocycles. The lowest BCUT2D eigenvalue weighted by atomic mass is 9.74. The van der Waals surface area contributed by atoms with E-state index in [1.165, 1.54) is 38.5 Å². The van der Waals surface area contributed by atoms with Crippen LogP contribution in [-0.2, 0) is 14.3 Å². The average molecular weight is 397 g/mol. The first kappa shape index (κ1) is 21.7. The Labute approximate surface area is 162 Å². The van der Waals surface area contributed by atoms with E-state index in [-0.39, 0.29) is 23.0 Å². The van der Waals surface area contributed by atoms with Gasteiger partial charge in [0.05, 0.1) is 25.7 Å². The van der Waals surface area contributed by atoms with Gasteiger partial charge in [-0.05, 0) is 31.9 Å². The van der Waals surface area contributed by atoms with Gasteiger partial charge in [-0.3, -0.25) is 9.59 Å². The molecule has 1 aromatic rings. The van der Waals surface area contributed by atoms with E-state index >= 15 is 0 Å². The van der Waals surface area contributed by atoms with Gasteiger partial charge in [0.2, 0.25) is 5.91 Å². The number of carbonyl (C=O) groups is 2. The average Bonchev–Trinajstić information content (AvgIpc) is 2.66.